The van der Waals surface area contributed by atoms with Crippen LogP contribution >= 0.6 is 11.6 Å². The van der Waals surface area contributed by atoms with Crippen LogP contribution in [-0.4, -0.2) is 12.4 Å². The van der Waals surface area contributed by atoms with E-state index in [1.54, 1.807) is 19.3 Å². The van der Waals surface area contributed by atoms with Crippen molar-refractivity contribution < 1.29 is 14.3 Å². The zero-order chi connectivity index (χ0) is 17.6. The van der Waals surface area contributed by atoms with Gasteiger partial charge in [0.15, 0.2) is 11.5 Å². The fourth-order valence-electron chi connectivity index (χ4n) is 2.64. The fourth-order valence-corrected chi connectivity index (χ4v) is 2.71. The van der Waals surface area contributed by atoms with Crippen molar-refractivity contribution in [2.24, 2.45) is 0 Å². The molecule has 0 N–H and O–H groups in total. The Morgan fingerprint density at radius 1 is 1.04 bits per heavy atom. The van der Waals surface area contributed by atoms with Gasteiger partial charge in [0, 0.05) is 0 Å². The van der Waals surface area contributed by atoms with E-state index >= 15 is 0 Å². The molecule has 25 heavy (non-hydrogen) atoms. The summed E-state index contributed by atoms with van der Waals surface area (Å²) in [5, 5.41) is 1.83. The maximum atomic E-state index is 10.8. The van der Waals surface area contributed by atoms with Gasteiger partial charge in [0.25, 0.3) is 0 Å². The summed E-state index contributed by atoms with van der Waals surface area (Å²) in [5.41, 5.74) is 1.92. The highest BCUT2D eigenvalue weighted by Crippen LogP contribution is 2.30. The minimum Gasteiger partial charge on any atom is -0.493 e. The van der Waals surface area contributed by atoms with E-state index in [0.29, 0.717) is 18.1 Å². The molecule has 0 aromatic heterocycles. The predicted octanol–water partition coefficient (Wildman–Crippen LogP) is 5.21. The molecule has 3 aromatic rings. The first-order valence-corrected chi connectivity index (χ1v) is 8.20. The van der Waals surface area contributed by atoms with Gasteiger partial charge in [0.1, 0.15) is 6.61 Å². The number of fused-ring (bicyclic) bond motifs is 1. The van der Waals surface area contributed by atoms with Gasteiger partial charge in [-0.25, -0.2) is 0 Å². The fraction of sp³-hybridized carbons (Fsp3) is 0.0952. The molecule has 126 valence electrons. The van der Waals surface area contributed by atoms with Crippen molar-refractivity contribution in [3.8, 4) is 11.5 Å². The smallest absolute Gasteiger partial charge is 0.245 e. The van der Waals surface area contributed by atoms with Crippen LogP contribution in [0.2, 0.25) is 0 Å². The van der Waals surface area contributed by atoms with E-state index in [0.717, 1.165) is 11.1 Å². The van der Waals surface area contributed by atoms with E-state index in [1.165, 1.54) is 16.8 Å². The van der Waals surface area contributed by atoms with Crippen molar-refractivity contribution >= 4 is 33.7 Å². The number of methoxy groups -OCH3 is 1. The van der Waals surface area contributed by atoms with Gasteiger partial charge in [0.05, 0.1) is 7.11 Å². The number of benzene rings is 3. The van der Waals surface area contributed by atoms with E-state index in [-0.39, 0.29) is 0 Å². The molecule has 0 aliphatic rings. The quantitative estimate of drug-likeness (QED) is 0.451. The van der Waals surface area contributed by atoms with Crippen LogP contribution in [0.1, 0.15) is 11.1 Å². The van der Waals surface area contributed by atoms with E-state index in [4.69, 9.17) is 21.1 Å². The Hall–Kier alpha value is -2.78. The summed E-state index contributed by atoms with van der Waals surface area (Å²) in [6, 6.07) is 19.8. The molecule has 0 aliphatic heterocycles. The van der Waals surface area contributed by atoms with E-state index in [1.807, 2.05) is 30.3 Å². The summed E-state index contributed by atoms with van der Waals surface area (Å²) in [4.78, 5) is 10.8. The largest absolute Gasteiger partial charge is 0.493 e. The second kappa shape index (κ2) is 7.86. The molecule has 0 spiro atoms. The lowest BCUT2D eigenvalue weighted by Crippen LogP contribution is -1.98. The van der Waals surface area contributed by atoms with Gasteiger partial charge >= 0.3 is 0 Å². The molecule has 0 saturated carbocycles. The van der Waals surface area contributed by atoms with E-state index in [2.05, 4.69) is 24.3 Å². The topological polar surface area (TPSA) is 35.5 Å². The maximum Gasteiger partial charge on any atom is 0.245 e. The average molecular weight is 353 g/mol. The van der Waals surface area contributed by atoms with Crippen LogP contribution in [0.25, 0.3) is 16.8 Å². The Bertz CT molecular complexity index is 926. The molecule has 3 aromatic carbocycles. The van der Waals surface area contributed by atoms with Crippen molar-refractivity contribution in [2.75, 3.05) is 7.11 Å². The molecule has 0 saturated heterocycles. The third-order valence-electron chi connectivity index (χ3n) is 3.86. The average Bonchev–Trinajstić information content (AvgIpc) is 2.64. The monoisotopic (exact) mass is 352 g/mol. The van der Waals surface area contributed by atoms with Gasteiger partial charge in [-0.05, 0) is 51.7 Å². The number of hydrogen-bond donors (Lipinski definition) is 0. The Morgan fingerprint density at radius 3 is 2.64 bits per heavy atom. The van der Waals surface area contributed by atoms with Crippen molar-refractivity contribution in [1.29, 1.82) is 0 Å². The number of carbonyl (C=O) groups is 1. The van der Waals surface area contributed by atoms with Crippen LogP contribution in [0, 0.1) is 0 Å². The molecular formula is C21H17ClO3. The number of carbonyl (C=O) groups excluding carboxylic acids is 1. The molecule has 3 rings (SSSR count). The number of ether oxygens (including phenoxy) is 2. The molecule has 0 aliphatic carbocycles. The molecular weight excluding hydrogens is 336 g/mol. The summed E-state index contributed by atoms with van der Waals surface area (Å²) < 4.78 is 11.4. The molecule has 0 radical (unpaired) electrons. The summed E-state index contributed by atoms with van der Waals surface area (Å²) in [7, 11) is 1.58. The highest BCUT2D eigenvalue weighted by Gasteiger charge is 2.07. The molecule has 0 heterocycles. The first-order valence-electron chi connectivity index (χ1n) is 7.82. The number of allylic oxidation sites excluding steroid dienone is 1. The van der Waals surface area contributed by atoms with Crippen LogP contribution in [-0.2, 0) is 11.4 Å². The Morgan fingerprint density at radius 2 is 1.84 bits per heavy atom. The SMILES string of the molecule is COc1cc(/C=C/C(=O)Cl)ccc1OCc1cccc2ccccc12. The predicted molar refractivity (Wildman–Crippen MR) is 101 cm³/mol. The zero-order valence-electron chi connectivity index (χ0n) is 13.7. The third kappa shape index (κ3) is 4.20. The highest BCUT2D eigenvalue weighted by molar-refractivity contribution is 6.66. The molecule has 0 atom stereocenters. The second-order valence-electron chi connectivity index (χ2n) is 5.47. The lowest BCUT2D eigenvalue weighted by Gasteiger charge is -2.12. The normalized spacial score (nSPS) is 11.0. The first kappa shape index (κ1) is 17.1. The molecule has 0 fully saturated rings. The van der Waals surface area contributed by atoms with Crippen LogP contribution < -0.4 is 9.47 Å². The molecule has 0 unspecified atom stereocenters. The van der Waals surface area contributed by atoms with E-state index in [9.17, 15) is 4.79 Å². The van der Waals surface area contributed by atoms with Gasteiger partial charge in [-0.1, -0.05) is 54.6 Å². The summed E-state index contributed by atoms with van der Waals surface area (Å²) in [6.07, 6.45) is 2.93. The third-order valence-corrected chi connectivity index (χ3v) is 3.98. The van der Waals surface area contributed by atoms with Crippen LogP contribution in [0.5, 0.6) is 11.5 Å². The Labute approximate surface area is 151 Å². The van der Waals surface area contributed by atoms with Crippen LogP contribution in [0.3, 0.4) is 0 Å². The first-order chi connectivity index (χ1) is 12.2. The van der Waals surface area contributed by atoms with Crippen molar-refractivity contribution in [3.05, 3.63) is 77.9 Å². The zero-order valence-corrected chi connectivity index (χ0v) is 14.5. The Kier molecular flexibility index (Phi) is 5.36. The van der Waals surface area contributed by atoms with Gasteiger partial charge in [-0.15, -0.1) is 0 Å². The van der Waals surface area contributed by atoms with Gasteiger partial charge in [-0.2, -0.15) is 0 Å². The lowest BCUT2D eigenvalue weighted by molar-refractivity contribution is -0.107. The number of halogens is 1. The van der Waals surface area contributed by atoms with Crippen molar-refractivity contribution in [1.82, 2.24) is 0 Å². The second-order valence-corrected chi connectivity index (χ2v) is 5.85. The Balaban J connectivity index is 1.81. The van der Waals surface area contributed by atoms with Crippen molar-refractivity contribution in [2.45, 2.75) is 6.61 Å². The number of rotatable bonds is 6. The minimum atomic E-state index is -0.518. The standard InChI is InChI=1S/C21H17ClO3/c1-24-20-13-15(10-12-21(22)23)9-11-19(20)25-14-17-7-4-6-16-5-2-3-8-18(16)17/h2-13H,14H2,1H3/b12-10+. The molecule has 3 nitrogen and oxygen atoms in total. The molecule has 0 amide bonds. The summed E-state index contributed by atoms with van der Waals surface area (Å²) >= 11 is 5.32. The van der Waals surface area contributed by atoms with Crippen LogP contribution in [0.4, 0.5) is 0 Å². The van der Waals surface area contributed by atoms with Crippen molar-refractivity contribution in [3.63, 3.8) is 0 Å². The van der Waals surface area contributed by atoms with Gasteiger partial charge in [0.2, 0.25) is 5.24 Å². The van der Waals surface area contributed by atoms with Gasteiger partial charge in [-0.3, -0.25) is 4.79 Å². The van der Waals surface area contributed by atoms with Gasteiger partial charge < -0.3 is 9.47 Å². The molecule has 0 bridgehead atoms. The van der Waals surface area contributed by atoms with E-state index < -0.39 is 5.24 Å². The molecule has 4 heteroatoms. The maximum absolute atomic E-state index is 10.8. The lowest BCUT2D eigenvalue weighted by atomic mass is 10.1. The summed E-state index contributed by atoms with van der Waals surface area (Å²) in [5.74, 6) is 1.24. The minimum absolute atomic E-state index is 0.438. The number of hydrogen-bond acceptors (Lipinski definition) is 3. The van der Waals surface area contributed by atoms with Crippen LogP contribution in [0.15, 0.2) is 66.7 Å². The highest BCUT2D eigenvalue weighted by atomic mass is 35.5. The summed E-state index contributed by atoms with van der Waals surface area (Å²) in [6.45, 7) is 0.438.